The van der Waals surface area contributed by atoms with Gasteiger partial charge in [-0.1, -0.05) is 42.5 Å². The first kappa shape index (κ1) is 19.3. The highest BCUT2D eigenvalue weighted by Gasteiger charge is 2.30. The van der Waals surface area contributed by atoms with Gasteiger partial charge in [0.25, 0.3) is 0 Å². The average Bonchev–Trinajstić information content (AvgIpc) is 2.68. The molecular weight excluding hydrogens is 360 g/mol. The van der Waals surface area contributed by atoms with Crippen LogP contribution in [-0.2, 0) is 14.8 Å². The van der Waals surface area contributed by atoms with Gasteiger partial charge in [-0.15, -0.1) is 0 Å². The van der Waals surface area contributed by atoms with Crippen LogP contribution in [0.25, 0.3) is 6.08 Å². The average molecular weight is 385 g/mol. The fraction of sp³-hybridized carbons (Fsp3) is 0.286. The number of hydrogen-bond donors (Lipinski definition) is 0. The lowest BCUT2D eigenvalue weighted by atomic mass is 10.2. The fourth-order valence-corrected chi connectivity index (χ4v) is 4.84. The van der Waals surface area contributed by atoms with Gasteiger partial charge in [0.2, 0.25) is 15.9 Å². The van der Waals surface area contributed by atoms with Gasteiger partial charge in [0.1, 0.15) is 0 Å². The molecular formula is C21H24N2O3S. The summed E-state index contributed by atoms with van der Waals surface area (Å²) in [5, 5.41) is 0. The van der Waals surface area contributed by atoms with Crippen LogP contribution in [0.2, 0.25) is 0 Å². The van der Waals surface area contributed by atoms with Gasteiger partial charge >= 0.3 is 0 Å². The zero-order chi connectivity index (χ0) is 19.4. The van der Waals surface area contributed by atoms with Crippen LogP contribution in [0.4, 0.5) is 0 Å². The van der Waals surface area contributed by atoms with Crippen molar-refractivity contribution in [1.82, 2.24) is 9.21 Å². The molecule has 1 fully saturated rings. The summed E-state index contributed by atoms with van der Waals surface area (Å²) in [7, 11) is -3.54. The molecule has 0 aliphatic carbocycles. The first-order chi connectivity index (χ1) is 12.9. The number of amides is 1. The van der Waals surface area contributed by atoms with Crippen LogP contribution >= 0.6 is 0 Å². The zero-order valence-corrected chi connectivity index (χ0v) is 16.4. The van der Waals surface area contributed by atoms with E-state index < -0.39 is 10.0 Å². The Bertz CT molecular complexity index is 945. The number of piperazine rings is 1. The lowest BCUT2D eigenvalue weighted by molar-refractivity contribution is -0.127. The van der Waals surface area contributed by atoms with Crippen LogP contribution in [0.1, 0.15) is 16.7 Å². The number of sulfonamides is 1. The third-order valence-corrected chi connectivity index (χ3v) is 6.77. The van der Waals surface area contributed by atoms with Crippen molar-refractivity contribution in [2.45, 2.75) is 18.7 Å². The Kier molecular flexibility index (Phi) is 5.77. The predicted octanol–water partition coefficient (Wildman–Crippen LogP) is 2.85. The van der Waals surface area contributed by atoms with Crippen molar-refractivity contribution in [3.05, 3.63) is 71.3 Å². The van der Waals surface area contributed by atoms with E-state index in [0.29, 0.717) is 31.1 Å². The maximum Gasteiger partial charge on any atom is 0.246 e. The summed E-state index contributed by atoms with van der Waals surface area (Å²) >= 11 is 0. The Labute approximate surface area is 161 Å². The van der Waals surface area contributed by atoms with Gasteiger partial charge in [-0.05, 0) is 42.7 Å². The van der Waals surface area contributed by atoms with Crippen molar-refractivity contribution in [2.24, 2.45) is 0 Å². The Morgan fingerprint density at radius 3 is 2.30 bits per heavy atom. The topological polar surface area (TPSA) is 57.7 Å². The van der Waals surface area contributed by atoms with E-state index in [-0.39, 0.29) is 5.91 Å². The number of benzene rings is 2. The van der Waals surface area contributed by atoms with Crippen LogP contribution < -0.4 is 0 Å². The number of carbonyl (C=O) groups is 1. The molecule has 1 aliphatic heterocycles. The molecule has 0 atom stereocenters. The lowest BCUT2D eigenvalue weighted by Gasteiger charge is -2.33. The van der Waals surface area contributed by atoms with Gasteiger partial charge in [-0.3, -0.25) is 4.79 Å². The number of hydrogen-bond acceptors (Lipinski definition) is 3. The molecule has 0 bridgehead atoms. The standard InChI is InChI=1S/C21H24N2O3S/c1-17-8-9-18(2)20(16-17)27(25,26)23-14-12-22(13-15-23)21(24)11-10-19-6-4-3-5-7-19/h3-11,16H,12-15H2,1-2H3/b11-10+. The first-order valence-corrected chi connectivity index (χ1v) is 10.4. The molecule has 1 saturated heterocycles. The van der Waals surface area contributed by atoms with Crippen molar-refractivity contribution < 1.29 is 13.2 Å². The highest BCUT2D eigenvalue weighted by atomic mass is 32.2. The van der Waals surface area contributed by atoms with Gasteiger partial charge in [0.05, 0.1) is 4.90 Å². The van der Waals surface area contributed by atoms with E-state index in [1.54, 1.807) is 30.0 Å². The van der Waals surface area contributed by atoms with Crippen molar-refractivity contribution in [3.63, 3.8) is 0 Å². The summed E-state index contributed by atoms with van der Waals surface area (Å²) in [5.41, 5.74) is 2.62. The third-order valence-electron chi connectivity index (χ3n) is 4.73. The Hall–Kier alpha value is -2.44. The van der Waals surface area contributed by atoms with E-state index in [1.165, 1.54) is 4.31 Å². The van der Waals surface area contributed by atoms with E-state index in [9.17, 15) is 13.2 Å². The smallest absolute Gasteiger partial charge is 0.246 e. The minimum Gasteiger partial charge on any atom is -0.337 e. The van der Waals surface area contributed by atoms with E-state index in [4.69, 9.17) is 0 Å². The number of nitrogens with zero attached hydrogens (tertiary/aromatic N) is 2. The Balaban J connectivity index is 1.65. The molecule has 0 aromatic heterocycles. The quantitative estimate of drug-likeness (QED) is 0.762. The van der Waals surface area contributed by atoms with Crippen LogP contribution in [0, 0.1) is 13.8 Å². The number of rotatable bonds is 4. The largest absolute Gasteiger partial charge is 0.337 e. The molecule has 0 unspecified atom stereocenters. The van der Waals surface area contributed by atoms with Gasteiger partial charge in [0.15, 0.2) is 0 Å². The molecule has 0 spiro atoms. The van der Waals surface area contributed by atoms with Gasteiger partial charge in [-0.2, -0.15) is 4.31 Å². The second-order valence-corrected chi connectivity index (χ2v) is 8.65. The first-order valence-electron chi connectivity index (χ1n) is 8.97. The second-order valence-electron chi connectivity index (χ2n) is 6.74. The molecule has 0 saturated carbocycles. The lowest BCUT2D eigenvalue weighted by Crippen LogP contribution is -2.50. The molecule has 1 heterocycles. The van der Waals surface area contributed by atoms with Crippen LogP contribution in [-0.4, -0.2) is 49.7 Å². The van der Waals surface area contributed by atoms with E-state index in [2.05, 4.69) is 0 Å². The maximum atomic E-state index is 13.0. The van der Waals surface area contributed by atoms with Crippen LogP contribution in [0.15, 0.2) is 59.5 Å². The van der Waals surface area contributed by atoms with Crippen LogP contribution in [0.5, 0.6) is 0 Å². The van der Waals surface area contributed by atoms with Crippen molar-refractivity contribution in [2.75, 3.05) is 26.2 Å². The maximum absolute atomic E-state index is 13.0. The molecule has 2 aromatic rings. The molecule has 27 heavy (non-hydrogen) atoms. The normalized spacial score (nSPS) is 16.0. The number of carbonyl (C=O) groups excluding carboxylic acids is 1. The van der Waals surface area contributed by atoms with E-state index in [1.807, 2.05) is 49.4 Å². The molecule has 2 aromatic carbocycles. The second kappa shape index (κ2) is 8.06. The summed E-state index contributed by atoms with van der Waals surface area (Å²) in [6.45, 7) is 5.08. The third kappa shape index (κ3) is 4.46. The summed E-state index contributed by atoms with van der Waals surface area (Å²) < 4.78 is 27.4. The minimum absolute atomic E-state index is 0.0948. The molecule has 3 rings (SSSR count). The minimum atomic E-state index is -3.54. The molecule has 1 aliphatic rings. The predicted molar refractivity (Wildman–Crippen MR) is 107 cm³/mol. The summed E-state index contributed by atoms with van der Waals surface area (Å²) in [6, 6.07) is 15.1. The molecule has 142 valence electrons. The monoisotopic (exact) mass is 384 g/mol. The molecule has 0 N–H and O–H groups in total. The van der Waals surface area contributed by atoms with Gasteiger partial charge in [0, 0.05) is 32.3 Å². The zero-order valence-electron chi connectivity index (χ0n) is 15.6. The SMILES string of the molecule is Cc1ccc(C)c(S(=O)(=O)N2CCN(C(=O)/C=C/c3ccccc3)CC2)c1. The molecule has 5 nitrogen and oxygen atoms in total. The molecule has 6 heteroatoms. The Morgan fingerprint density at radius 1 is 0.963 bits per heavy atom. The van der Waals surface area contributed by atoms with Crippen molar-refractivity contribution in [3.8, 4) is 0 Å². The van der Waals surface area contributed by atoms with Crippen molar-refractivity contribution >= 4 is 22.0 Å². The van der Waals surface area contributed by atoms with Gasteiger partial charge < -0.3 is 4.90 Å². The van der Waals surface area contributed by atoms with Gasteiger partial charge in [-0.25, -0.2) is 8.42 Å². The molecule has 1 amide bonds. The Morgan fingerprint density at radius 2 is 1.63 bits per heavy atom. The summed E-state index contributed by atoms with van der Waals surface area (Å²) in [4.78, 5) is 14.4. The summed E-state index contributed by atoms with van der Waals surface area (Å²) in [6.07, 6.45) is 3.33. The highest BCUT2D eigenvalue weighted by molar-refractivity contribution is 7.89. The summed E-state index contributed by atoms with van der Waals surface area (Å²) in [5.74, 6) is -0.0948. The molecule has 0 radical (unpaired) electrons. The highest BCUT2D eigenvalue weighted by Crippen LogP contribution is 2.22. The van der Waals surface area contributed by atoms with Crippen molar-refractivity contribution in [1.29, 1.82) is 0 Å². The fourth-order valence-electron chi connectivity index (χ4n) is 3.11. The number of aryl methyl sites for hydroxylation is 2. The van der Waals surface area contributed by atoms with Crippen LogP contribution in [0.3, 0.4) is 0 Å². The van der Waals surface area contributed by atoms with E-state index in [0.717, 1.165) is 16.7 Å². The van der Waals surface area contributed by atoms with E-state index >= 15 is 0 Å².